The van der Waals surface area contributed by atoms with E-state index in [0.717, 1.165) is 4.88 Å². The highest BCUT2D eigenvalue weighted by Crippen LogP contribution is 2.22. The molecule has 2 aromatic heterocycles. The van der Waals surface area contributed by atoms with E-state index >= 15 is 0 Å². The van der Waals surface area contributed by atoms with Crippen molar-refractivity contribution in [3.63, 3.8) is 0 Å². The summed E-state index contributed by atoms with van der Waals surface area (Å²) < 4.78 is 5.00. The van der Waals surface area contributed by atoms with Gasteiger partial charge >= 0.3 is 0 Å². The van der Waals surface area contributed by atoms with Crippen molar-refractivity contribution < 1.29 is 9.63 Å². The zero-order valence-corrected chi connectivity index (χ0v) is 7.62. The number of hydrogen-bond donors (Lipinski definition) is 1. The minimum Gasteiger partial charge on any atom is -0.396 e. The van der Waals surface area contributed by atoms with Crippen LogP contribution in [0.3, 0.4) is 0 Å². The molecule has 68 valence electrons. The minimum absolute atomic E-state index is 0.0451. The summed E-state index contributed by atoms with van der Waals surface area (Å²) in [4.78, 5) is 5.07. The Bertz CT molecular complexity index is 369. The summed E-state index contributed by atoms with van der Waals surface area (Å²) in [6, 6.07) is 3.84. The SMILES string of the molecule is OCCc1noc(-c2cccs2)n1. The van der Waals surface area contributed by atoms with Gasteiger partial charge in [0, 0.05) is 6.42 Å². The minimum atomic E-state index is 0.0451. The van der Waals surface area contributed by atoms with Gasteiger partial charge in [-0.05, 0) is 11.4 Å². The van der Waals surface area contributed by atoms with Crippen molar-refractivity contribution in [1.29, 1.82) is 0 Å². The number of aliphatic hydroxyl groups is 1. The lowest BCUT2D eigenvalue weighted by molar-refractivity contribution is 0.293. The zero-order valence-electron chi connectivity index (χ0n) is 6.80. The third kappa shape index (κ3) is 1.76. The van der Waals surface area contributed by atoms with Crippen LogP contribution in [0.25, 0.3) is 10.8 Å². The molecular weight excluding hydrogens is 188 g/mol. The van der Waals surface area contributed by atoms with Crippen molar-refractivity contribution >= 4 is 11.3 Å². The first-order chi connectivity index (χ1) is 6.40. The molecule has 2 aromatic rings. The molecule has 0 atom stereocenters. The largest absolute Gasteiger partial charge is 0.396 e. The third-order valence-corrected chi connectivity index (χ3v) is 2.39. The average molecular weight is 196 g/mol. The summed E-state index contributed by atoms with van der Waals surface area (Å²) in [5, 5.41) is 14.3. The summed E-state index contributed by atoms with van der Waals surface area (Å²) in [6.45, 7) is 0.0451. The van der Waals surface area contributed by atoms with E-state index in [2.05, 4.69) is 10.1 Å². The molecule has 0 aromatic carbocycles. The van der Waals surface area contributed by atoms with Gasteiger partial charge in [-0.25, -0.2) is 0 Å². The lowest BCUT2D eigenvalue weighted by atomic mass is 10.4. The van der Waals surface area contributed by atoms with Gasteiger partial charge < -0.3 is 9.63 Å². The summed E-state index contributed by atoms with van der Waals surface area (Å²) >= 11 is 1.55. The van der Waals surface area contributed by atoms with Crippen LogP contribution in [0.15, 0.2) is 22.0 Å². The molecule has 2 rings (SSSR count). The van der Waals surface area contributed by atoms with Crippen LogP contribution in [0.1, 0.15) is 5.82 Å². The van der Waals surface area contributed by atoms with Crippen LogP contribution in [0.4, 0.5) is 0 Å². The van der Waals surface area contributed by atoms with Crippen LogP contribution in [-0.2, 0) is 6.42 Å². The molecule has 0 saturated carbocycles. The van der Waals surface area contributed by atoms with E-state index in [9.17, 15) is 0 Å². The fourth-order valence-corrected chi connectivity index (χ4v) is 1.60. The molecule has 0 unspecified atom stereocenters. The molecule has 0 fully saturated rings. The van der Waals surface area contributed by atoms with Gasteiger partial charge in [0.1, 0.15) is 0 Å². The van der Waals surface area contributed by atoms with Gasteiger partial charge in [0.05, 0.1) is 11.5 Å². The molecule has 0 bridgehead atoms. The van der Waals surface area contributed by atoms with Gasteiger partial charge in [0.2, 0.25) is 0 Å². The maximum atomic E-state index is 8.64. The Kier molecular flexibility index (Phi) is 2.37. The highest BCUT2D eigenvalue weighted by molar-refractivity contribution is 7.13. The van der Waals surface area contributed by atoms with Gasteiger partial charge in [0.25, 0.3) is 5.89 Å². The lowest BCUT2D eigenvalue weighted by Crippen LogP contribution is -1.92. The first-order valence-electron chi connectivity index (χ1n) is 3.87. The topological polar surface area (TPSA) is 59.2 Å². The van der Waals surface area contributed by atoms with Crippen LogP contribution in [0.2, 0.25) is 0 Å². The first-order valence-corrected chi connectivity index (χ1v) is 4.75. The number of rotatable bonds is 3. The molecule has 5 heteroatoms. The van der Waals surface area contributed by atoms with E-state index in [4.69, 9.17) is 9.63 Å². The lowest BCUT2D eigenvalue weighted by Gasteiger charge is -1.83. The Balaban J connectivity index is 2.23. The molecule has 4 nitrogen and oxygen atoms in total. The molecule has 0 amide bonds. The van der Waals surface area contributed by atoms with Gasteiger partial charge in [-0.1, -0.05) is 11.2 Å². The van der Waals surface area contributed by atoms with Crippen LogP contribution in [0.5, 0.6) is 0 Å². The molecule has 0 saturated heterocycles. The Morgan fingerprint density at radius 3 is 3.15 bits per heavy atom. The maximum Gasteiger partial charge on any atom is 0.267 e. The van der Waals surface area contributed by atoms with Crippen molar-refractivity contribution in [1.82, 2.24) is 10.1 Å². The Hall–Kier alpha value is -1.20. The monoisotopic (exact) mass is 196 g/mol. The fourth-order valence-electron chi connectivity index (χ4n) is 0.956. The molecule has 0 aliphatic carbocycles. The molecule has 1 N–H and O–H groups in total. The number of aromatic nitrogens is 2. The number of hydrogen-bond acceptors (Lipinski definition) is 5. The van der Waals surface area contributed by atoms with Crippen molar-refractivity contribution in [2.75, 3.05) is 6.61 Å². The predicted octanol–water partition coefficient (Wildman–Crippen LogP) is 1.33. The van der Waals surface area contributed by atoms with Gasteiger partial charge in [-0.2, -0.15) is 4.98 Å². The van der Waals surface area contributed by atoms with Crippen LogP contribution >= 0.6 is 11.3 Å². The van der Waals surface area contributed by atoms with Crippen LogP contribution in [0, 0.1) is 0 Å². The fraction of sp³-hybridized carbons (Fsp3) is 0.250. The van der Waals surface area contributed by atoms with E-state index in [1.807, 2.05) is 17.5 Å². The smallest absolute Gasteiger partial charge is 0.267 e. The second-order valence-electron chi connectivity index (χ2n) is 2.47. The van der Waals surface area contributed by atoms with E-state index in [-0.39, 0.29) is 6.61 Å². The van der Waals surface area contributed by atoms with Crippen molar-refractivity contribution in [3.05, 3.63) is 23.3 Å². The van der Waals surface area contributed by atoms with E-state index in [1.165, 1.54) is 0 Å². The summed E-state index contributed by atoms with van der Waals surface area (Å²) in [5.74, 6) is 1.07. The summed E-state index contributed by atoms with van der Waals surface area (Å²) in [5.41, 5.74) is 0. The van der Waals surface area contributed by atoms with E-state index < -0.39 is 0 Å². The van der Waals surface area contributed by atoms with Gasteiger partial charge in [-0.3, -0.25) is 0 Å². The van der Waals surface area contributed by atoms with Crippen molar-refractivity contribution in [2.45, 2.75) is 6.42 Å². The Labute approximate surface area is 78.8 Å². The molecule has 2 heterocycles. The second-order valence-corrected chi connectivity index (χ2v) is 3.41. The Morgan fingerprint density at radius 2 is 2.46 bits per heavy atom. The molecule has 0 spiro atoms. The number of thiophene rings is 1. The first kappa shape index (κ1) is 8.40. The standard InChI is InChI=1S/C8H8N2O2S/c11-4-3-7-9-8(12-10-7)6-2-1-5-13-6/h1-2,5,11H,3-4H2. The van der Waals surface area contributed by atoms with Gasteiger partial charge in [0.15, 0.2) is 5.82 Å². The van der Waals surface area contributed by atoms with Crippen molar-refractivity contribution in [2.24, 2.45) is 0 Å². The molecule has 13 heavy (non-hydrogen) atoms. The molecule has 0 aliphatic heterocycles. The summed E-state index contributed by atoms with van der Waals surface area (Å²) in [6.07, 6.45) is 0.439. The van der Waals surface area contributed by atoms with E-state index in [0.29, 0.717) is 18.1 Å². The molecule has 0 radical (unpaired) electrons. The maximum absolute atomic E-state index is 8.64. The highest BCUT2D eigenvalue weighted by atomic mass is 32.1. The third-order valence-electron chi connectivity index (χ3n) is 1.54. The quantitative estimate of drug-likeness (QED) is 0.804. The summed E-state index contributed by atoms with van der Waals surface area (Å²) in [7, 11) is 0. The highest BCUT2D eigenvalue weighted by Gasteiger charge is 2.08. The second kappa shape index (κ2) is 3.68. The zero-order chi connectivity index (χ0) is 9.10. The van der Waals surface area contributed by atoms with E-state index in [1.54, 1.807) is 11.3 Å². The normalized spacial score (nSPS) is 10.5. The average Bonchev–Trinajstić information content (AvgIpc) is 2.70. The predicted molar refractivity (Wildman–Crippen MR) is 48.4 cm³/mol. The molecular formula is C8H8N2O2S. The van der Waals surface area contributed by atoms with Crippen LogP contribution in [-0.4, -0.2) is 21.9 Å². The van der Waals surface area contributed by atoms with Gasteiger partial charge in [-0.15, -0.1) is 11.3 Å². The number of nitrogens with zero attached hydrogens (tertiary/aromatic N) is 2. The number of aliphatic hydroxyl groups excluding tert-OH is 1. The Morgan fingerprint density at radius 1 is 1.54 bits per heavy atom. The molecule has 0 aliphatic rings. The van der Waals surface area contributed by atoms with Crippen molar-refractivity contribution in [3.8, 4) is 10.8 Å². The van der Waals surface area contributed by atoms with Crippen LogP contribution < -0.4 is 0 Å².